The van der Waals surface area contributed by atoms with Crippen molar-refractivity contribution in [1.29, 1.82) is 0 Å². The average Bonchev–Trinajstić information content (AvgIpc) is 2.73. The molecule has 5 heteroatoms. The summed E-state index contributed by atoms with van der Waals surface area (Å²) in [7, 11) is 0. The van der Waals surface area contributed by atoms with Crippen molar-refractivity contribution in [1.82, 2.24) is 10.2 Å². The summed E-state index contributed by atoms with van der Waals surface area (Å²) >= 11 is 0. The van der Waals surface area contributed by atoms with E-state index < -0.39 is 6.04 Å². The zero-order chi connectivity index (χ0) is 23.0. The molecule has 168 valence electrons. The van der Waals surface area contributed by atoms with Crippen LogP contribution in [0.5, 0.6) is 0 Å². The summed E-state index contributed by atoms with van der Waals surface area (Å²) < 4.78 is 13.3. The van der Waals surface area contributed by atoms with E-state index in [2.05, 4.69) is 43.4 Å². The van der Waals surface area contributed by atoms with Gasteiger partial charge in [-0.25, -0.2) is 4.39 Å². The van der Waals surface area contributed by atoms with E-state index in [1.54, 1.807) is 17.0 Å². The van der Waals surface area contributed by atoms with Crippen molar-refractivity contribution in [2.24, 2.45) is 0 Å². The first-order valence-corrected chi connectivity index (χ1v) is 11.1. The Morgan fingerprint density at radius 3 is 2.03 bits per heavy atom. The summed E-state index contributed by atoms with van der Waals surface area (Å²) in [5.41, 5.74) is 3.16. The molecular formula is C26H35FN2O2. The number of rotatable bonds is 10. The third kappa shape index (κ3) is 7.50. The van der Waals surface area contributed by atoms with Gasteiger partial charge >= 0.3 is 0 Å². The number of amides is 2. The van der Waals surface area contributed by atoms with Crippen LogP contribution in [-0.2, 0) is 22.6 Å². The minimum absolute atomic E-state index is 0.0104. The molecule has 2 rings (SSSR count). The highest BCUT2D eigenvalue weighted by Crippen LogP contribution is 2.18. The summed E-state index contributed by atoms with van der Waals surface area (Å²) in [6.07, 6.45) is 1.43. The van der Waals surface area contributed by atoms with E-state index >= 15 is 0 Å². The van der Waals surface area contributed by atoms with E-state index in [1.807, 2.05) is 20.8 Å². The molecule has 0 aromatic heterocycles. The van der Waals surface area contributed by atoms with Gasteiger partial charge < -0.3 is 10.2 Å². The molecule has 0 spiro atoms. The SMILES string of the molecule is CC[C@H](C(=O)NC(C)C)N(Cc1ccc(F)cc1)C(=O)CCc1ccc(C(C)C)cc1. The number of carbonyl (C=O) groups excluding carboxylic acids is 2. The molecule has 2 amide bonds. The van der Waals surface area contributed by atoms with Crippen LogP contribution in [0, 0.1) is 5.82 Å². The van der Waals surface area contributed by atoms with Gasteiger partial charge in [0.1, 0.15) is 11.9 Å². The lowest BCUT2D eigenvalue weighted by molar-refractivity contribution is -0.141. The van der Waals surface area contributed by atoms with Crippen molar-refractivity contribution in [2.45, 2.75) is 78.4 Å². The van der Waals surface area contributed by atoms with Gasteiger partial charge in [-0.15, -0.1) is 0 Å². The Morgan fingerprint density at radius 2 is 1.52 bits per heavy atom. The summed E-state index contributed by atoms with van der Waals surface area (Å²) in [6, 6.07) is 13.8. The summed E-state index contributed by atoms with van der Waals surface area (Å²) in [5, 5.41) is 2.92. The molecule has 0 aliphatic carbocycles. The van der Waals surface area contributed by atoms with Crippen LogP contribution in [0.25, 0.3) is 0 Å². The van der Waals surface area contributed by atoms with Crippen molar-refractivity contribution in [3.63, 3.8) is 0 Å². The lowest BCUT2D eigenvalue weighted by Gasteiger charge is -2.31. The van der Waals surface area contributed by atoms with Crippen LogP contribution in [0.15, 0.2) is 48.5 Å². The topological polar surface area (TPSA) is 49.4 Å². The van der Waals surface area contributed by atoms with E-state index in [9.17, 15) is 14.0 Å². The van der Waals surface area contributed by atoms with Gasteiger partial charge in [-0.2, -0.15) is 0 Å². The van der Waals surface area contributed by atoms with E-state index in [-0.39, 0.29) is 30.2 Å². The molecule has 0 aliphatic heterocycles. The van der Waals surface area contributed by atoms with Crippen LogP contribution in [0.4, 0.5) is 4.39 Å². The molecule has 0 saturated carbocycles. The fraction of sp³-hybridized carbons (Fsp3) is 0.462. The lowest BCUT2D eigenvalue weighted by Crippen LogP contribution is -2.50. The van der Waals surface area contributed by atoms with Gasteiger partial charge in [-0.3, -0.25) is 9.59 Å². The van der Waals surface area contributed by atoms with Crippen LogP contribution >= 0.6 is 0 Å². The molecule has 0 bridgehead atoms. The third-order valence-electron chi connectivity index (χ3n) is 5.36. The number of nitrogens with zero attached hydrogens (tertiary/aromatic N) is 1. The molecule has 2 aromatic rings. The monoisotopic (exact) mass is 426 g/mol. The van der Waals surface area contributed by atoms with Crippen LogP contribution in [-0.4, -0.2) is 28.8 Å². The first-order valence-electron chi connectivity index (χ1n) is 11.1. The van der Waals surface area contributed by atoms with Gasteiger partial charge in [-0.1, -0.05) is 57.2 Å². The molecule has 31 heavy (non-hydrogen) atoms. The molecule has 4 nitrogen and oxygen atoms in total. The molecule has 0 fully saturated rings. The van der Waals surface area contributed by atoms with Crippen molar-refractivity contribution in [2.75, 3.05) is 0 Å². The largest absolute Gasteiger partial charge is 0.352 e. The number of halogens is 1. The highest BCUT2D eigenvalue weighted by atomic mass is 19.1. The maximum Gasteiger partial charge on any atom is 0.243 e. The molecule has 0 radical (unpaired) electrons. The summed E-state index contributed by atoms with van der Waals surface area (Å²) in [5.74, 6) is -0.0972. The van der Waals surface area contributed by atoms with E-state index in [0.29, 0.717) is 25.2 Å². The molecule has 1 N–H and O–H groups in total. The average molecular weight is 427 g/mol. The van der Waals surface area contributed by atoms with Crippen LogP contribution < -0.4 is 5.32 Å². The minimum atomic E-state index is -0.566. The molecule has 1 atom stereocenters. The number of nitrogens with one attached hydrogen (secondary N) is 1. The lowest BCUT2D eigenvalue weighted by atomic mass is 10.00. The van der Waals surface area contributed by atoms with Gasteiger partial charge in [0.15, 0.2) is 0 Å². The van der Waals surface area contributed by atoms with E-state index in [0.717, 1.165) is 11.1 Å². The van der Waals surface area contributed by atoms with Crippen LogP contribution in [0.1, 0.15) is 70.1 Å². The first kappa shape index (κ1) is 24.6. The number of carbonyl (C=O) groups is 2. The zero-order valence-corrected chi connectivity index (χ0v) is 19.3. The van der Waals surface area contributed by atoms with Crippen molar-refractivity contribution >= 4 is 11.8 Å². The van der Waals surface area contributed by atoms with Gasteiger partial charge in [0.25, 0.3) is 0 Å². The van der Waals surface area contributed by atoms with E-state index in [4.69, 9.17) is 0 Å². The Morgan fingerprint density at radius 1 is 0.935 bits per heavy atom. The predicted octanol–water partition coefficient (Wildman–Crippen LogP) is 5.21. The molecule has 2 aromatic carbocycles. The second-order valence-corrected chi connectivity index (χ2v) is 8.63. The van der Waals surface area contributed by atoms with Crippen molar-refractivity contribution < 1.29 is 14.0 Å². The van der Waals surface area contributed by atoms with Gasteiger partial charge in [0.05, 0.1) is 0 Å². The second-order valence-electron chi connectivity index (χ2n) is 8.63. The summed E-state index contributed by atoms with van der Waals surface area (Å²) in [4.78, 5) is 27.6. The van der Waals surface area contributed by atoms with E-state index in [1.165, 1.54) is 17.7 Å². The highest BCUT2D eigenvalue weighted by molar-refractivity contribution is 5.87. The first-order chi connectivity index (χ1) is 14.7. The van der Waals surface area contributed by atoms with Crippen LogP contribution in [0.3, 0.4) is 0 Å². The molecular weight excluding hydrogens is 391 g/mol. The van der Waals surface area contributed by atoms with Crippen molar-refractivity contribution in [3.05, 3.63) is 71.0 Å². The quantitative estimate of drug-likeness (QED) is 0.567. The predicted molar refractivity (Wildman–Crippen MR) is 123 cm³/mol. The number of hydrogen-bond donors (Lipinski definition) is 1. The third-order valence-corrected chi connectivity index (χ3v) is 5.36. The Bertz CT molecular complexity index is 845. The van der Waals surface area contributed by atoms with Gasteiger partial charge in [-0.05, 0) is 61.4 Å². The van der Waals surface area contributed by atoms with Gasteiger partial charge in [0.2, 0.25) is 11.8 Å². The van der Waals surface area contributed by atoms with Crippen LogP contribution in [0.2, 0.25) is 0 Å². The number of hydrogen-bond acceptors (Lipinski definition) is 2. The maximum absolute atomic E-state index is 13.3. The van der Waals surface area contributed by atoms with Gasteiger partial charge in [0, 0.05) is 19.0 Å². The molecule has 0 saturated heterocycles. The Labute approximate surface area is 185 Å². The number of aryl methyl sites for hydroxylation is 1. The molecule has 0 aliphatic rings. The molecule has 0 unspecified atom stereocenters. The molecule has 0 heterocycles. The minimum Gasteiger partial charge on any atom is -0.352 e. The Balaban J connectivity index is 2.17. The standard InChI is InChI=1S/C26H35FN2O2/c1-6-24(26(31)28-19(4)5)29(17-21-9-14-23(27)15-10-21)25(30)16-11-20-7-12-22(13-8-20)18(2)3/h7-10,12-15,18-19,24H,6,11,16-17H2,1-5H3,(H,28,31)/t24-/m1/s1. The summed E-state index contributed by atoms with van der Waals surface area (Å²) in [6.45, 7) is 10.3. The van der Waals surface area contributed by atoms with Crippen molar-refractivity contribution in [3.8, 4) is 0 Å². The normalized spacial score (nSPS) is 12.1. The Hall–Kier alpha value is -2.69. The maximum atomic E-state index is 13.3. The fourth-order valence-electron chi connectivity index (χ4n) is 3.55. The fourth-order valence-corrected chi connectivity index (χ4v) is 3.55. The highest BCUT2D eigenvalue weighted by Gasteiger charge is 2.28. The number of benzene rings is 2. The second kappa shape index (κ2) is 11.6. The zero-order valence-electron chi connectivity index (χ0n) is 19.3. The smallest absolute Gasteiger partial charge is 0.243 e. The Kier molecular flexibility index (Phi) is 9.22.